The highest BCUT2D eigenvalue weighted by atomic mass is 32.1. The van der Waals surface area contributed by atoms with E-state index in [9.17, 15) is 4.79 Å². The number of hydrogen-bond acceptors (Lipinski definition) is 3. The van der Waals surface area contributed by atoms with E-state index >= 15 is 0 Å². The van der Waals surface area contributed by atoms with Crippen LogP contribution in [0.25, 0.3) is 11.0 Å². The maximum atomic E-state index is 12.2. The minimum atomic E-state index is -0.157. The van der Waals surface area contributed by atoms with Crippen molar-refractivity contribution in [1.29, 1.82) is 0 Å². The highest BCUT2D eigenvalue weighted by Gasteiger charge is 2.39. The lowest BCUT2D eigenvalue weighted by Gasteiger charge is -2.24. The summed E-state index contributed by atoms with van der Waals surface area (Å²) in [6, 6.07) is 8.31. The van der Waals surface area contributed by atoms with E-state index in [1.807, 2.05) is 35.9 Å². The van der Waals surface area contributed by atoms with Crippen LogP contribution in [0.1, 0.15) is 31.5 Å². The molecule has 0 unspecified atom stereocenters. The normalized spacial score (nSPS) is 24.4. The second kappa shape index (κ2) is 6.63. The van der Waals surface area contributed by atoms with Crippen LogP contribution < -0.4 is 16.2 Å². The Hall–Kier alpha value is -2.15. The van der Waals surface area contributed by atoms with Crippen LogP contribution in [0, 0.1) is 11.8 Å². The number of imidazole rings is 1. The summed E-state index contributed by atoms with van der Waals surface area (Å²) in [5.41, 5.74) is 7.42. The van der Waals surface area contributed by atoms with E-state index in [2.05, 4.69) is 21.2 Å². The molecule has 3 atom stereocenters. The van der Waals surface area contributed by atoms with Gasteiger partial charge in [0.25, 0.3) is 0 Å². The molecule has 1 aromatic carbocycles. The van der Waals surface area contributed by atoms with Gasteiger partial charge in [0, 0.05) is 13.1 Å². The third-order valence-corrected chi connectivity index (χ3v) is 5.79. The topological polar surface area (TPSA) is 71.0 Å². The van der Waals surface area contributed by atoms with Crippen molar-refractivity contribution in [3.63, 3.8) is 0 Å². The van der Waals surface area contributed by atoms with Gasteiger partial charge in [-0.3, -0.25) is 15.6 Å². The van der Waals surface area contributed by atoms with E-state index in [0.29, 0.717) is 11.2 Å². The molecule has 3 N–H and O–H groups in total. The molecule has 4 rings (SSSR count). The van der Waals surface area contributed by atoms with Crippen molar-refractivity contribution in [3.05, 3.63) is 30.1 Å². The van der Waals surface area contributed by atoms with E-state index in [-0.39, 0.29) is 12.3 Å². The van der Waals surface area contributed by atoms with E-state index in [1.165, 1.54) is 25.7 Å². The number of carbonyl (C=O) groups is 1. The summed E-state index contributed by atoms with van der Waals surface area (Å²) in [4.78, 5) is 16.7. The molecule has 6 nitrogen and oxygen atoms in total. The third-order valence-electron chi connectivity index (χ3n) is 5.57. The van der Waals surface area contributed by atoms with Gasteiger partial charge in [0.15, 0.2) is 5.11 Å². The van der Waals surface area contributed by atoms with E-state index < -0.39 is 0 Å². The molecule has 0 spiro atoms. The minimum Gasteiger partial charge on any atom is -0.358 e. The van der Waals surface area contributed by atoms with Crippen LogP contribution in [0.2, 0.25) is 0 Å². The van der Waals surface area contributed by atoms with Gasteiger partial charge in [-0.1, -0.05) is 18.6 Å². The molecule has 0 saturated heterocycles. The Bertz CT molecular complexity index is 817. The molecular weight excluding hydrogens is 334 g/mol. The van der Waals surface area contributed by atoms with Crippen molar-refractivity contribution in [1.82, 2.24) is 25.7 Å². The zero-order valence-corrected chi connectivity index (χ0v) is 15.1. The van der Waals surface area contributed by atoms with Crippen molar-refractivity contribution in [2.75, 3.05) is 0 Å². The Morgan fingerprint density at radius 3 is 2.84 bits per heavy atom. The monoisotopic (exact) mass is 357 g/mol. The highest BCUT2D eigenvalue weighted by molar-refractivity contribution is 7.80. The smallest absolute Gasteiger partial charge is 0.245 e. The van der Waals surface area contributed by atoms with Gasteiger partial charge < -0.3 is 9.88 Å². The number of hydrazine groups is 1. The predicted molar refractivity (Wildman–Crippen MR) is 101 cm³/mol. The number of nitrogens with zero attached hydrogens (tertiary/aromatic N) is 2. The van der Waals surface area contributed by atoms with Gasteiger partial charge >= 0.3 is 0 Å². The summed E-state index contributed by atoms with van der Waals surface area (Å²) in [7, 11) is 1.92. The Kier molecular flexibility index (Phi) is 4.33. The van der Waals surface area contributed by atoms with Crippen LogP contribution in [0.3, 0.4) is 0 Å². The zero-order valence-electron chi connectivity index (χ0n) is 14.3. The second-order valence-corrected chi connectivity index (χ2v) is 7.59. The van der Waals surface area contributed by atoms with Gasteiger partial charge in [0.1, 0.15) is 5.82 Å². The average molecular weight is 357 g/mol. The Morgan fingerprint density at radius 1 is 1.28 bits per heavy atom. The molecule has 25 heavy (non-hydrogen) atoms. The number of benzene rings is 1. The standard InChI is InChI=1S/C18H23N5OS/c1-23-15-5-3-2-4-13(15)19-16(23)10-17(24)21-22-18(25)20-14-9-11-6-7-12(14)8-11/h2-5,11-12,14H,6-10H2,1H3,(H,21,24)(H2,20,22,25)/t11-,12-,14-/m0/s1. The van der Waals surface area contributed by atoms with Crippen LogP contribution >= 0.6 is 12.2 Å². The second-order valence-electron chi connectivity index (χ2n) is 7.18. The number of aryl methyl sites for hydroxylation is 1. The highest BCUT2D eigenvalue weighted by Crippen LogP contribution is 2.44. The fraction of sp³-hybridized carbons (Fsp3) is 0.500. The molecule has 0 radical (unpaired) electrons. The number of fused-ring (bicyclic) bond motifs is 3. The summed E-state index contributed by atoms with van der Waals surface area (Å²) in [5, 5.41) is 3.84. The van der Waals surface area contributed by atoms with Crippen molar-refractivity contribution in [2.45, 2.75) is 38.1 Å². The first-order chi connectivity index (χ1) is 12.1. The SMILES string of the molecule is Cn1c(CC(=O)NNC(=S)N[C@H]2C[C@H]3CC[C@H]2C3)nc2ccccc21. The van der Waals surface area contributed by atoms with E-state index in [1.54, 1.807) is 0 Å². The molecule has 0 aliphatic heterocycles. The van der Waals surface area contributed by atoms with Gasteiger partial charge in [-0.2, -0.15) is 0 Å². The van der Waals surface area contributed by atoms with Crippen LogP contribution in [0.15, 0.2) is 24.3 Å². The molecule has 2 aromatic rings. The first kappa shape index (κ1) is 16.3. The third kappa shape index (κ3) is 3.33. The minimum absolute atomic E-state index is 0.157. The zero-order chi connectivity index (χ0) is 17.4. The number of carbonyl (C=O) groups excluding carboxylic acids is 1. The van der Waals surface area contributed by atoms with Crippen molar-refractivity contribution in [3.8, 4) is 0 Å². The van der Waals surface area contributed by atoms with Crippen molar-refractivity contribution >= 4 is 34.3 Å². The largest absolute Gasteiger partial charge is 0.358 e. The van der Waals surface area contributed by atoms with Crippen molar-refractivity contribution in [2.24, 2.45) is 18.9 Å². The van der Waals surface area contributed by atoms with Crippen LogP contribution in [-0.2, 0) is 18.3 Å². The fourth-order valence-electron chi connectivity index (χ4n) is 4.29. The lowest BCUT2D eigenvalue weighted by molar-refractivity contribution is -0.121. The maximum absolute atomic E-state index is 12.2. The molecule has 1 aromatic heterocycles. The van der Waals surface area contributed by atoms with Gasteiger partial charge in [-0.25, -0.2) is 4.98 Å². The molecule has 2 fully saturated rings. The van der Waals surface area contributed by atoms with Crippen LogP contribution in [0.4, 0.5) is 0 Å². The summed E-state index contributed by atoms with van der Waals surface area (Å²) >= 11 is 5.31. The summed E-state index contributed by atoms with van der Waals surface area (Å²) in [5.74, 6) is 2.17. The van der Waals surface area contributed by atoms with Crippen molar-refractivity contribution < 1.29 is 4.79 Å². The summed E-state index contributed by atoms with van der Waals surface area (Å²) in [6.45, 7) is 0. The molecule has 2 aliphatic carbocycles. The first-order valence-corrected chi connectivity index (χ1v) is 9.26. The van der Waals surface area contributed by atoms with E-state index in [4.69, 9.17) is 12.2 Å². The molecular formula is C18H23N5OS. The number of thiocarbonyl (C=S) groups is 1. The molecule has 1 amide bonds. The van der Waals surface area contributed by atoms with Crippen LogP contribution in [0.5, 0.6) is 0 Å². The number of amides is 1. The number of hydrogen-bond donors (Lipinski definition) is 3. The van der Waals surface area contributed by atoms with Gasteiger partial charge in [-0.15, -0.1) is 0 Å². The van der Waals surface area contributed by atoms with Gasteiger partial charge in [-0.05, 0) is 55.4 Å². The summed E-state index contributed by atoms with van der Waals surface area (Å²) < 4.78 is 1.95. The van der Waals surface area contributed by atoms with Gasteiger partial charge in [0.05, 0.1) is 17.5 Å². The predicted octanol–water partition coefficient (Wildman–Crippen LogP) is 1.80. The lowest BCUT2D eigenvalue weighted by atomic mass is 9.96. The quantitative estimate of drug-likeness (QED) is 0.577. The maximum Gasteiger partial charge on any atom is 0.245 e. The molecule has 2 saturated carbocycles. The molecule has 7 heteroatoms. The van der Waals surface area contributed by atoms with Crippen LogP contribution in [-0.4, -0.2) is 26.6 Å². The summed E-state index contributed by atoms with van der Waals surface area (Å²) in [6.07, 6.45) is 5.37. The Balaban J connectivity index is 1.28. The number of nitrogens with one attached hydrogen (secondary N) is 3. The lowest BCUT2D eigenvalue weighted by Crippen LogP contribution is -2.51. The Morgan fingerprint density at radius 2 is 2.12 bits per heavy atom. The molecule has 132 valence electrons. The van der Waals surface area contributed by atoms with E-state index in [0.717, 1.165) is 28.7 Å². The number of rotatable bonds is 3. The average Bonchev–Trinajstić information content (AvgIpc) is 3.29. The molecule has 1 heterocycles. The number of para-hydroxylation sites is 2. The molecule has 2 bridgehead atoms. The van der Waals surface area contributed by atoms with Gasteiger partial charge in [0.2, 0.25) is 5.91 Å². The fourth-order valence-corrected chi connectivity index (χ4v) is 4.50. The molecule has 2 aliphatic rings. The Labute approximate surface area is 152 Å². The first-order valence-electron chi connectivity index (χ1n) is 8.86. The number of aromatic nitrogens is 2.